The van der Waals surface area contributed by atoms with Crippen molar-refractivity contribution in [3.05, 3.63) is 0 Å². The van der Waals surface area contributed by atoms with Crippen molar-refractivity contribution in [3.8, 4) is 0 Å². The maximum atomic E-state index is 11.3. The fourth-order valence-electron chi connectivity index (χ4n) is 2.23. The molecule has 4 nitrogen and oxygen atoms in total. The lowest BCUT2D eigenvalue weighted by atomic mass is 9.94. The summed E-state index contributed by atoms with van der Waals surface area (Å²) < 4.78 is 0. The van der Waals surface area contributed by atoms with Crippen molar-refractivity contribution in [2.45, 2.75) is 65.3 Å². The molecule has 1 unspecified atom stereocenters. The van der Waals surface area contributed by atoms with E-state index in [1.165, 1.54) is 6.42 Å². The van der Waals surface area contributed by atoms with E-state index < -0.39 is 11.5 Å². The van der Waals surface area contributed by atoms with Gasteiger partial charge in [0.1, 0.15) is 5.54 Å². The molecular weight excluding hydrogens is 240 g/mol. The van der Waals surface area contributed by atoms with E-state index in [0.29, 0.717) is 6.42 Å². The van der Waals surface area contributed by atoms with E-state index in [0.717, 1.165) is 45.4 Å². The Labute approximate surface area is 118 Å². The highest BCUT2D eigenvalue weighted by Crippen LogP contribution is 2.15. The molecule has 4 heteroatoms. The van der Waals surface area contributed by atoms with Gasteiger partial charge in [0.2, 0.25) is 0 Å². The monoisotopic (exact) mass is 272 g/mol. The van der Waals surface area contributed by atoms with Gasteiger partial charge in [-0.2, -0.15) is 0 Å². The molecule has 0 aromatic carbocycles. The summed E-state index contributed by atoms with van der Waals surface area (Å²) in [6, 6.07) is 0. The van der Waals surface area contributed by atoms with Crippen LogP contribution in [0.1, 0.15) is 59.8 Å². The van der Waals surface area contributed by atoms with Gasteiger partial charge in [-0.15, -0.1) is 0 Å². The highest BCUT2D eigenvalue weighted by atomic mass is 16.4. The summed E-state index contributed by atoms with van der Waals surface area (Å²) in [5, 5.41) is 12.5. The third-order valence-electron chi connectivity index (χ3n) is 3.63. The van der Waals surface area contributed by atoms with Crippen LogP contribution in [-0.2, 0) is 4.79 Å². The molecule has 0 saturated carbocycles. The SMILES string of the molecule is CCCNC(C)(CCCCN(CC)CCC)C(=O)O. The first-order valence-electron chi connectivity index (χ1n) is 7.70. The van der Waals surface area contributed by atoms with Crippen LogP contribution in [0.25, 0.3) is 0 Å². The normalized spacial score (nSPS) is 14.6. The van der Waals surface area contributed by atoms with Crippen LogP contribution in [0.3, 0.4) is 0 Å². The molecule has 0 aliphatic rings. The summed E-state index contributed by atoms with van der Waals surface area (Å²) in [7, 11) is 0. The molecule has 0 heterocycles. The number of nitrogens with zero attached hydrogens (tertiary/aromatic N) is 1. The number of unbranched alkanes of at least 4 members (excludes halogenated alkanes) is 1. The Kier molecular flexibility index (Phi) is 9.88. The number of carboxylic acids is 1. The van der Waals surface area contributed by atoms with Crippen LogP contribution in [0.4, 0.5) is 0 Å². The molecule has 0 fully saturated rings. The van der Waals surface area contributed by atoms with Gasteiger partial charge in [-0.1, -0.05) is 20.8 Å². The number of aliphatic carboxylic acids is 1. The first-order chi connectivity index (χ1) is 9.00. The first-order valence-corrected chi connectivity index (χ1v) is 7.70. The van der Waals surface area contributed by atoms with E-state index in [4.69, 9.17) is 0 Å². The van der Waals surface area contributed by atoms with Gasteiger partial charge in [-0.25, -0.2) is 0 Å². The van der Waals surface area contributed by atoms with Crippen molar-refractivity contribution < 1.29 is 9.90 Å². The van der Waals surface area contributed by atoms with Crippen molar-refractivity contribution in [3.63, 3.8) is 0 Å². The van der Waals surface area contributed by atoms with Gasteiger partial charge in [-0.3, -0.25) is 4.79 Å². The molecule has 114 valence electrons. The lowest BCUT2D eigenvalue weighted by Crippen LogP contribution is -2.49. The molecular formula is C15H32N2O2. The summed E-state index contributed by atoms with van der Waals surface area (Å²) in [5.74, 6) is -0.734. The van der Waals surface area contributed by atoms with Gasteiger partial charge in [0.25, 0.3) is 0 Å². The van der Waals surface area contributed by atoms with Crippen LogP contribution in [0, 0.1) is 0 Å². The molecule has 1 atom stereocenters. The van der Waals surface area contributed by atoms with Crippen LogP contribution in [0.5, 0.6) is 0 Å². The molecule has 0 aromatic rings. The fraction of sp³-hybridized carbons (Fsp3) is 0.933. The first kappa shape index (κ1) is 18.4. The minimum atomic E-state index is -0.766. The third-order valence-corrected chi connectivity index (χ3v) is 3.63. The number of hydrogen-bond acceptors (Lipinski definition) is 3. The Morgan fingerprint density at radius 1 is 1.16 bits per heavy atom. The number of hydrogen-bond donors (Lipinski definition) is 2. The zero-order chi connectivity index (χ0) is 14.7. The Morgan fingerprint density at radius 3 is 2.32 bits per heavy atom. The molecule has 19 heavy (non-hydrogen) atoms. The number of carboxylic acid groups (broad SMARTS) is 1. The van der Waals surface area contributed by atoms with Gasteiger partial charge < -0.3 is 15.3 Å². The van der Waals surface area contributed by atoms with Crippen LogP contribution < -0.4 is 5.32 Å². The maximum absolute atomic E-state index is 11.3. The smallest absolute Gasteiger partial charge is 0.323 e. The Morgan fingerprint density at radius 2 is 1.84 bits per heavy atom. The predicted molar refractivity (Wildman–Crippen MR) is 80.6 cm³/mol. The van der Waals surface area contributed by atoms with Gasteiger partial charge in [-0.05, 0) is 65.2 Å². The van der Waals surface area contributed by atoms with Gasteiger partial charge in [0.15, 0.2) is 0 Å². The van der Waals surface area contributed by atoms with Crippen molar-refractivity contribution in [1.29, 1.82) is 0 Å². The van der Waals surface area contributed by atoms with E-state index in [2.05, 4.69) is 31.0 Å². The van der Waals surface area contributed by atoms with Crippen LogP contribution in [0.15, 0.2) is 0 Å². The molecule has 0 aromatic heterocycles. The molecule has 0 saturated heterocycles. The summed E-state index contributed by atoms with van der Waals surface area (Å²) in [6.07, 6.45) is 4.87. The highest BCUT2D eigenvalue weighted by Gasteiger charge is 2.31. The van der Waals surface area contributed by atoms with Crippen LogP contribution >= 0.6 is 0 Å². The van der Waals surface area contributed by atoms with E-state index in [1.54, 1.807) is 6.92 Å². The minimum Gasteiger partial charge on any atom is -0.480 e. The average Bonchev–Trinajstić information content (AvgIpc) is 2.39. The van der Waals surface area contributed by atoms with E-state index >= 15 is 0 Å². The number of nitrogens with one attached hydrogen (secondary N) is 1. The second-order valence-electron chi connectivity index (χ2n) is 5.46. The van der Waals surface area contributed by atoms with Gasteiger partial charge >= 0.3 is 5.97 Å². The minimum absolute atomic E-state index is 0.700. The largest absolute Gasteiger partial charge is 0.480 e. The summed E-state index contributed by atoms with van der Waals surface area (Å²) in [4.78, 5) is 13.8. The molecule has 2 N–H and O–H groups in total. The number of rotatable bonds is 12. The molecule has 0 spiro atoms. The van der Waals surface area contributed by atoms with E-state index in [-0.39, 0.29) is 0 Å². The zero-order valence-corrected chi connectivity index (χ0v) is 13.2. The Hall–Kier alpha value is -0.610. The lowest BCUT2D eigenvalue weighted by Gasteiger charge is -2.27. The van der Waals surface area contributed by atoms with Crippen LogP contribution in [0.2, 0.25) is 0 Å². The van der Waals surface area contributed by atoms with Gasteiger partial charge in [0.05, 0.1) is 0 Å². The molecule has 0 aliphatic heterocycles. The Balaban J connectivity index is 4.02. The van der Waals surface area contributed by atoms with Crippen molar-refractivity contribution in [2.24, 2.45) is 0 Å². The van der Waals surface area contributed by atoms with Crippen molar-refractivity contribution >= 4 is 5.97 Å². The molecule has 0 bridgehead atoms. The second-order valence-corrected chi connectivity index (χ2v) is 5.46. The van der Waals surface area contributed by atoms with Crippen molar-refractivity contribution in [1.82, 2.24) is 10.2 Å². The maximum Gasteiger partial charge on any atom is 0.323 e. The van der Waals surface area contributed by atoms with Crippen LogP contribution in [-0.4, -0.2) is 47.7 Å². The van der Waals surface area contributed by atoms with E-state index in [1.807, 2.05) is 0 Å². The van der Waals surface area contributed by atoms with Crippen molar-refractivity contribution in [2.75, 3.05) is 26.2 Å². The summed E-state index contributed by atoms with van der Waals surface area (Å²) >= 11 is 0. The predicted octanol–water partition coefficient (Wildman–Crippen LogP) is 2.73. The quantitative estimate of drug-likeness (QED) is 0.536. The zero-order valence-electron chi connectivity index (χ0n) is 13.2. The topological polar surface area (TPSA) is 52.6 Å². The average molecular weight is 272 g/mol. The summed E-state index contributed by atoms with van der Waals surface area (Å²) in [6.45, 7) is 12.3. The highest BCUT2D eigenvalue weighted by molar-refractivity contribution is 5.78. The van der Waals surface area contributed by atoms with Gasteiger partial charge in [0, 0.05) is 0 Å². The molecule has 0 rings (SSSR count). The third kappa shape index (κ3) is 7.53. The second kappa shape index (κ2) is 10.2. The Bertz CT molecular complexity index is 246. The lowest BCUT2D eigenvalue weighted by molar-refractivity contribution is -0.144. The summed E-state index contributed by atoms with van der Waals surface area (Å²) in [5.41, 5.74) is -0.766. The van der Waals surface area contributed by atoms with E-state index in [9.17, 15) is 9.90 Å². The molecule has 0 amide bonds. The standard InChI is InChI=1S/C15H32N2O2/c1-5-11-16-15(4,14(18)19)10-8-9-13-17(7-3)12-6-2/h16H,5-13H2,1-4H3,(H,18,19). The number of carbonyl (C=O) groups is 1. The fourth-order valence-corrected chi connectivity index (χ4v) is 2.23. The molecule has 0 aliphatic carbocycles. The molecule has 0 radical (unpaired) electrons.